The lowest BCUT2D eigenvalue weighted by molar-refractivity contribution is 0.0827. The Hall–Kier alpha value is -2.13. The smallest absolute Gasteiger partial charge is 0.253 e. The van der Waals surface area contributed by atoms with Crippen molar-refractivity contribution in [3.05, 3.63) is 69.8 Å². The number of fused-ring (bicyclic) bond motifs is 2. The maximum absolute atomic E-state index is 12.3. The third kappa shape index (κ3) is 2.63. The van der Waals surface area contributed by atoms with Crippen LogP contribution in [0.1, 0.15) is 51.5 Å². The highest BCUT2D eigenvalue weighted by Gasteiger charge is 2.36. The number of aryl methyl sites for hydroxylation is 1. The Morgan fingerprint density at radius 1 is 1.12 bits per heavy atom. The number of hydrogen-bond donors (Lipinski definition) is 1. The largest absolute Gasteiger partial charge is 0.345 e. The first-order valence-electron chi connectivity index (χ1n) is 8.52. The maximum Gasteiger partial charge on any atom is 0.253 e. The van der Waals surface area contributed by atoms with Gasteiger partial charge in [0.25, 0.3) is 5.91 Å². The predicted octanol–water partition coefficient (Wildman–Crippen LogP) is 3.26. The number of rotatable bonds is 3. The van der Waals surface area contributed by atoms with Crippen molar-refractivity contribution >= 4 is 5.91 Å². The van der Waals surface area contributed by atoms with E-state index in [0.29, 0.717) is 6.54 Å². The van der Waals surface area contributed by atoms with Crippen LogP contribution in [0.15, 0.2) is 36.4 Å². The molecule has 0 aromatic heterocycles. The zero-order valence-corrected chi connectivity index (χ0v) is 15.0. The molecule has 0 fully saturated rings. The molecule has 24 heavy (non-hydrogen) atoms. The molecule has 2 aromatic carbocycles. The van der Waals surface area contributed by atoms with Crippen LogP contribution in [0.2, 0.25) is 0 Å². The standard InChI is InChI=1S/C21H26N2O/c1-14-5-7-18-16(11-14)13-17-12-15(20(24)23(3)4)6-8-19(17)21(18,2)9-10-22/h5-8,11-12H,9-10,13,22H2,1-4H3. The van der Waals surface area contributed by atoms with Gasteiger partial charge in [-0.15, -0.1) is 0 Å². The first-order valence-corrected chi connectivity index (χ1v) is 8.52. The Labute approximate surface area is 144 Å². The minimum absolute atomic E-state index is 0.0494. The lowest BCUT2D eigenvalue weighted by Crippen LogP contribution is -2.33. The van der Waals surface area contributed by atoms with Crippen LogP contribution < -0.4 is 5.73 Å². The Morgan fingerprint density at radius 2 is 1.75 bits per heavy atom. The minimum Gasteiger partial charge on any atom is -0.345 e. The van der Waals surface area contributed by atoms with Crippen LogP contribution in [0.25, 0.3) is 0 Å². The Morgan fingerprint density at radius 3 is 2.38 bits per heavy atom. The molecule has 1 aliphatic carbocycles. The van der Waals surface area contributed by atoms with Crippen molar-refractivity contribution in [3.63, 3.8) is 0 Å². The summed E-state index contributed by atoms with van der Waals surface area (Å²) in [5.41, 5.74) is 13.2. The second-order valence-corrected chi connectivity index (χ2v) is 7.28. The molecule has 0 heterocycles. The number of carbonyl (C=O) groups excluding carboxylic acids is 1. The topological polar surface area (TPSA) is 46.3 Å². The molecule has 1 atom stereocenters. The van der Waals surface area contributed by atoms with E-state index in [9.17, 15) is 4.79 Å². The molecule has 126 valence electrons. The van der Waals surface area contributed by atoms with E-state index >= 15 is 0 Å². The second kappa shape index (κ2) is 6.06. The van der Waals surface area contributed by atoms with Gasteiger partial charge in [0.2, 0.25) is 0 Å². The second-order valence-electron chi connectivity index (χ2n) is 7.28. The number of benzene rings is 2. The van der Waals surface area contributed by atoms with Gasteiger partial charge in [-0.3, -0.25) is 4.79 Å². The van der Waals surface area contributed by atoms with E-state index in [4.69, 9.17) is 5.73 Å². The van der Waals surface area contributed by atoms with E-state index in [0.717, 1.165) is 18.4 Å². The van der Waals surface area contributed by atoms with Gasteiger partial charge in [0.15, 0.2) is 0 Å². The van der Waals surface area contributed by atoms with Gasteiger partial charge in [-0.05, 0) is 60.7 Å². The van der Waals surface area contributed by atoms with Crippen LogP contribution in [0.3, 0.4) is 0 Å². The highest BCUT2D eigenvalue weighted by molar-refractivity contribution is 5.94. The predicted molar refractivity (Wildman–Crippen MR) is 98.6 cm³/mol. The normalized spacial score (nSPS) is 18.7. The molecule has 2 aromatic rings. The fourth-order valence-corrected chi connectivity index (χ4v) is 3.98. The van der Waals surface area contributed by atoms with Crippen molar-refractivity contribution in [1.82, 2.24) is 4.90 Å². The molecule has 3 nitrogen and oxygen atoms in total. The van der Waals surface area contributed by atoms with Gasteiger partial charge in [-0.25, -0.2) is 0 Å². The van der Waals surface area contributed by atoms with E-state index in [2.05, 4.69) is 44.2 Å². The Balaban J connectivity index is 2.16. The summed E-state index contributed by atoms with van der Waals surface area (Å²) in [6, 6.07) is 12.9. The first kappa shape index (κ1) is 16.7. The Kier molecular flexibility index (Phi) is 4.22. The summed E-state index contributed by atoms with van der Waals surface area (Å²) in [7, 11) is 3.58. The zero-order valence-electron chi connectivity index (χ0n) is 15.0. The number of carbonyl (C=O) groups is 1. The average Bonchev–Trinajstić information content (AvgIpc) is 2.53. The zero-order chi connectivity index (χ0) is 17.5. The summed E-state index contributed by atoms with van der Waals surface area (Å²) >= 11 is 0. The molecule has 3 heteroatoms. The van der Waals surface area contributed by atoms with E-state index in [1.165, 1.54) is 27.8 Å². The molecule has 0 saturated carbocycles. The fourth-order valence-electron chi connectivity index (χ4n) is 3.98. The molecule has 1 aliphatic rings. The maximum atomic E-state index is 12.3. The van der Waals surface area contributed by atoms with Crippen LogP contribution in [0.5, 0.6) is 0 Å². The molecule has 0 spiro atoms. The van der Waals surface area contributed by atoms with Crippen LogP contribution in [0, 0.1) is 6.92 Å². The van der Waals surface area contributed by atoms with Crippen molar-refractivity contribution in [1.29, 1.82) is 0 Å². The summed E-state index contributed by atoms with van der Waals surface area (Å²) in [5, 5.41) is 0. The Bertz CT molecular complexity index is 794. The number of nitrogens with two attached hydrogens (primary N) is 1. The van der Waals surface area contributed by atoms with Gasteiger partial charge in [0.1, 0.15) is 0 Å². The molecule has 0 bridgehead atoms. The number of nitrogens with zero attached hydrogens (tertiary/aromatic N) is 1. The molecule has 2 N–H and O–H groups in total. The summed E-state index contributed by atoms with van der Waals surface area (Å²) in [6.07, 6.45) is 1.78. The lowest BCUT2D eigenvalue weighted by Gasteiger charge is -2.38. The van der Waals surface area contributed by atoms with Crippen LogP contribution in [-0.2, 0) is 11.8 Å². The number of hydrogen-bond acceptors (Lipinski definition) is 2. The van der Waals surface area contributed by atoms with Gasteiger partial charge in [0, 0.05) is 25.1 Å². The van der Waals surface area contributed by atoms with Crippen molar-refractivity contribution in [3.8, 4) is 0 Å². The van der Waals surface area contributed by atoms with E-state index in [1.807, 2.05) is 6.07 Å². The lowest BCUT2D eigenvalue weighted by atomic mass is 9.65. The molecule has 0 aliphatic heterocycles. The summed E-state index contributed by atoms with van der Waals surface area (Å²) in [4.78, 5) is 13.9. The molecule has 3 rings (SSSR count). The first-order chi connectivity index (χ1) is 11.4. The van der Waals surface area contributed by atoms with Crippen molar-refractivity contribution in [2.75, 3.05) is 20.6 Å². The molecule has 1 amide bonds. The third-order valence-corrected chi connectivity index (χ3v) is 5.23. The highest BCUT2D eigenvalue weighted by atomic mass is 16.2. The fraction of sp³-hybridized carbons (Fsp3) is 0.381. The van der Waals surface area contributed by atoms with Crippen LogP contribution in [0.4, 0.5) is 0 Å². The molecule has 0 radical (unpaired) electrons. The molecular weight excluding hydrogens is 296 g/mol. The average molecular weight is 322 g/mol. The van der Waals surface area contributed by atoms with Gasteiger partial charge in [-0.1, -0.05) is 36.8 Å². The van der Waals surface area contributed by atoms with E-state index < -0.39 is 0 Å². The van der Waals surface area contributed by atoms with Crippen LogP contribution in [-0.4, -0.2) is 31.4 Å². The van der Waals surface area contributed by atoms with Crippen molar-refractivity contribution in [2.24, 2.45) is 5.73 Å². The quantitative estimate of drug-likeness (QED) is 0.943. The summed E-state index contributed by atoms with van der Waals surface area (Å²) < 4.78 is 0. The third-order valence-electron chi connectivity index (χ3n) is 5.23. The molecule has 1 unspecified atom stereocenters. The van der Waals surface area contributed by atoms with Crippen molar-refractivity contribution < 1.29 is 4.79 Å². The van der Waals surface area contributed by atoms with Gasteiger partial charge >= 0.3 is 0 Å². The highest BCUT2D eigenvalue weighted by Crippen LogP contribution is 2.44. The van der Waals surface area contributed by atoms with Gasteiger partial charge in [-0.2, -0.15) is 0 Å². The van der Waals surface area contributed by atoms with Gasteiger partial charge < -0.3 is 10.6 Å². The molecular formula is C21H26N2O. The number of amides is 1. The summed E-state index contributed by atoms with van der Waals surface area (Å²) in [6.45, 7) is 5.04. The van der Waals surface area contributed by atoms with E-state index in [-0.39, 0.29) is 11.3 Å². The monoisotopic (exact) mass is 322 g/mol. The van der Waals surface area contributed by atoms with E-state index in [1.54, 1.807) is 19.0 Å². The SMILES string of the molecule is Cc1ccc2c(c1)Cc1cc(C(=O)N(C)C)ccc1C2(C)CCN. The molecule has 0 saturated heterocycles. The van der Waals surface area contributed by atoms with Crippen molar-refractivity contribution in [2.45, 2.75) is 32.1 Å². The van der Waals surface area contributed by atoms with Gasteiger partial charge in [0.05, 0.1) is 0 Å². The van der Waals surface area contributed by atoms with Crippen LogP contribution >= 0.6 is 0 Å². The summed E-state index contributed by atoms with van der Waals surface area (Å²) in [5.74, 6) is 0.0494. The minimum atomic E-state index is -0.0922.